The smallest absolute Gasteiger partial charge is 0.263 e. The number of rotatable bonds is 0. The zero-order valence-corrected chi connectivity index (χ0v) is 6.65. The van der Waals surface area contributed by atoms with Gasteiger partial charge in [0.1, 0.15) is 6.20 Å². The average molecular weight is 148 g/mol. The summed E-state index contributed by atoms with van der Waals surface area (Å²) in [4.78, 5) is 4.24. The molecule has 0 saturated carbocycles. The maximum absolute atomic E-state index is 4.24. The van der Waals surface area contributed by atoms with E-state index in [4.69, 9.17) is 0 Å². The summed E-state index contributed by atoms with van der Waals surface area (Å²) in [5, 5.41) is 0. The van der Waals surface area contributed by atoms with Crippen LogP contribution in [0.2, 0.25) is 0 Å². The van der Waals surface area contributed by atoms with Crippen LogP contribution in [0.1, 0.15) is 0 Å². The standard InChI is InChI=1S/C8H10N3/c1-10-6-11(2)8-7(10)4-3-5-9-8/h3-6H,1-2H3/q+1. The largest absolute Gasteiger partial charge is 0.301 e. The van der Waals surface area contributed by atoms with Crippen LogP contribution in [-0.4, -0.2) is 9.55 Å². The van der Waals surface area contributed by atoms with Gasteiger partial charge < -0.3 is 0 Å². The van der Waals surface area contributed by atoms with Crippen molar-refractivity contribution < 1.29 is 4.57 Å². The number of hydrogen-bond acceptors (Lipinski definition) is 1. The summed E-state index contributed by atoms with van der Waals surface area (Å²) in [6, 6.07) is 4.00. The number of fused-ring (bicyclic) bond motifs is 1. The Morgan fingerprint density at radius 1 is 1.55 bits per heavy atom. The number of aromatic nitrogens is 3. The maximum atomic E-state index is 4.24. The molecular weight excluding hydrogens is 138 g/mol. The van der Waals surface area contributed by atoms with Crippen LogP contribution >= 0.6 is 0 Å². The van der Waals surface area contributed by atoms with E-state index >= 15 is 0 Å². The Balaban J connectivity index is 2.95. The molecule has 0 unspecified atom stereocenters. The first-order valence-corrected chi connectivity index (χ1v) is 3.55. The van der Waals surface area contributed by atoms with Crippen LogP contribution in [0.4, 0.5) is 0 Å². The average Bonchev–Trinajstić information content (AvgIpc) is 2.30. The summed E-state index contributed by atoms with van der Waals surface area (Å²) in [5.74, 6) is 0. The van der Waals surface area contributed by atoms with E-state index in [0.29, 0.717) is 0 Å². The van der Waals surface area contributed by atoms with E-state index in [1.54, 1.807) is 0 Å². The van der Waals surface area contributed by atoms with Crippen LogP contribution in [-0.2, 0) is 14.1 Å². The van der Waals surface area contributed by atoms with Gasteiger partial charge in [0.15, 0.2) is 11.8 Å². The van der Waals surface area contributed by atoms with Gasteiger partial charge in [0.05, 0.1) is 14.1 Å². The van der Waals surface area contributed by atoms with E-state index in [1.165, 1.54) is 0 Å². The second-order valence-corrected chi connectivity index (χ2v) is 2.68. The van der Waals surface area contributed by atoms with E-state index in [1.807, 2.05) is 37.3 Å². The third-order valence-electron chi connectivity index (χ3n) is 1.83. The Morgan fingerprint density at radius 2 is 2.36 bits per heavy atom. The van der Waals surface area contributed by atoms with Crippen LogP contribution in [0.5, 0.6) is 0 Å². The lowest BCUT2D eigenvalue weighted by molar-refractivity contribution is -0.647. The minimum atomic E-state index is 1.02. The lowest BCUT2D eigenvalue weighted by atomic mass is 10.4. The first-order chi connectivity index (χ1) is 5.29. The van der Waals surface area contributed by atoms with E-state index in [-0.39, 0.29) is 0 Å². The Morgan fingerprint density at radius 3 is 3.09 bits per heavy atom. The zero-order valence-electron chi connectivity index (χ0n) is 6.65. The first-order valence-electron chi connectivity index (χ1n) is 3.55. The van der Waals surface area contributed by atoms with Gasteiger partial charge in [0.2, 0.25) is 0 Å². The molecule has 2 heterocycles. The van der Waals surface area contributed by atoms with Gasteiger partial charge in [-0.25, -0.2) is 4.57 Å². The number of hydrogen-bond donors (Lipinski definition) is 0. The summed E-state index contributed by atoms with van der Waals surface area (Å²) in [6.07, 6.45) is 3.82. The lowest BCUT2D eigenvalue weighted by Gasteiger charge is -1.82. The molecule has 2 rings (SSSR count). The fourth-order valence-corrected chi connectivity index (χ4v) is 1.31. The Bertz CT molecular complexity index is 353. The van der Waals surface area contributed by atoms with E-state index in [0.717, 1.165) is 11.2 Å². The fraction of sp³-hybridized carbons (Fsp3) is 0.250. The fourth-order valence-electron chi connectivity index (χ4n) is 1.31. The highest BCUT2D eigenvalue weighted by atomic mass is 15.1. The molecule has 0 saturated heterocycles. The van der Waals surface area contributed by atoms with Gasteiger partial charge in [0, 0.05) is 0 Å². The SMILES string of the molecule is Cn1c[n+](C)c2ncccc21. The molecule has 0 amide bonds. The van der Waals surface area contributed by atoms with Crippen molar-refractivity contribution in [3.8, 4) is 0 Å². The summed E-state index contributed by atoms with van der Waals surface area (Å²) in [6.45, 7) is 0. The van der Waals surface area contributed by atoms with Gasteiger partial charge in [-0.3, -0.25) is 4.57 Å². The summed E-state index contributed by atoms with van der Waals surface area (Å²) < 4.78 is 4.07. The van der Waals surface area contributed by atoms with Crippen LogP contribution in [0.3, 0.4) is 0 Å². The van der Waals surface area contributed by atoms with Crippen LogP contribution in [0, 0.1) is 0 Å². The Labute approximate surface area is 64.9 Å². The molecule has 0 aliphatic heterocycles. The normalized spacial score (nSPS) is 10.7. The molecular formula is C8H10N3+. The van der Waals surface area contributed by atoms with Crippen molar-refractivity contribution in [3.63, 3.8) is 0 Å². The quantitative estimate of drug-likeness (QED) is 0.495. The van der Waals surface area contributed by atoms with Crippen molar-refractivity contribution in [1.82, 2.24) is 9.55 Å². The molecule has 11 heavy (non-hydrogen) atoms. The van der Waals surface area contributed by atoms with Gasteiger partial charge in [-0.15, -0.1) is 4.98 Å². The van der Waals surface area contributed by atoms with Crippen molar-refractivity contribution in [2.75, 3.05) is 0 Å². The van der Waals surface area contributed by atoms with E-state index in [2.05, 4.69) is 15.6 Å². The van der Waals surface area contributed by atoms with Crippen molar-refractivity contribution in [1.29, 1.82) is 0 Å². The third kappa shape index (κ3) is 0.808. The van der Waals surface area contributed by atoms with Gasteiger partial charge >= 0.3 is 5.65 Å². The van der Waals surface area contributed by atoms with Crippen LogP contribution in [0.15, 0.2) is 24.7 Å². The highest BCUT2D eigenvalue weighted by molar-refractivity contribution is 5.66. The van der Waals surface area contributed by atoms with Gasteiger partial charge in [-0.2, -0.15) is 0 Å². The first kappa shape index (κ1) is 6.34. The van der Waals surface area contributed by atoms with Crippen molar-refractivity contribution in [2.24, 2.45) is 14.1 Å². The van der Waals surface area contributed by atoms with Gasteiger partial charge in [-0.05, 0) is 12.1 Å². The molecule has 0 fully saturated rings. The second-order valence-electron chi connectivity index (χ2n) is 2.68. The monoisotopic (exact) mass is 148 g/mol. The molecule has 0 radical (unpaired) electrons. The molecule has 0 aliphatic carbocycles. The maximum Gasteiger partial charge on any atom is 0.301 e. The molecule has 0 aromatic carbocycles. The van der Waals surface area contributed by atoms with Gasteiger partial charge in [-0.1, -0.05) is 0 Å². The van der Waals surface area contributed by atoms with Gasteiger partial charge in [0.25, 0.3) is 0 Å². The summed E-state index contributed by atoms with van der Waals surface area (Å²) in [5.41, 5.74) is 2.19. The lowest BCUT2D eigenvalue weighted by Crippen LogP contribution is -2.26. The second kappa shape index (κ2) is 2.05. The molecule has 0 atom stereocenters. The predicted molar refractivity (Wildman–Crippen MR) is 41.9 cm³/mol. The molecule has 2 aromatic heterocycles. The molecule has 56 valence electrons. The van der Waals surface area contributed by atoms with Crippen LogP contribution < -0.4 is 4.57 Å². The van der Waals surface area contributed by atoms with E-state index < -0.39 is 0 Å². The van der Waals surface area contributed by atoms with Crippen LogP contribution in [0.25, 0.3) is 11.2 Å². The number of pyridine rings is 1. The zero-order chi connectivity index (χ0) is 7.84. The highest BCUT2D eigenvalue weighted by Gasteiger charge is 2.08. The topological polar surface area (TPSA) is 21.7 Å². The third-order valence-corrected chi connectivity index (χ3v) is 1.83. The molecule has 2 aromatic rings. The molecule has 3 heteroatoms. The predicted octanol–water partition coefficient (Wildman–Crippen LogP) is 0.398. The number of nitrogens with zero attached hydrogens (tertiary/aromatic N) is 3. The molecule has 0 spiro atoms. The molecule has 0 aliphatic rings. The van der Waals surface area contributed by atoms with E-state index in [9.17, 15) is 0 Å². The minimum Gasteiger partial charge on any atom is -0.263 e. The summed E-state index contributed by atoms with van der Waals surface area (Å²) >= 11 is 0. The molecule has 0 bridgehead atoms. The summed E-state index contributed by atoms with van der Waals surface area (Å²) in [7, 11) is 4.01. The van der Waals surface area contributed by atoms with Crippen molar-refractivity contribution in [3.05, 3.63) is 24.7 Å². The molecule has 0 N–H and O–H groups in total. The number of aryl methyl sites for hydroxylation is 2. The highest BCUT2D eigenvalue weighted by Crippen LogP contribution is 2.03. The Hall–Kier alpha value is -1.38. The van der Waals surface area contributed by atoms with Crippen molar-refractivity contribution in [2.45, 2.75) is 0 Å². The van der Waals surface area contributed by atoms with Crippen molar-refractivity contribution >= 4 is 11.2 Å². The minimum absolute atomic E-state index is 1.02. The molecule has 3 nitrogen and oxygen atoms in total. The Kier molecular flexibility index (Phi) is 1.18. The number of imidazole rings is 1.